The number of hydrogen-bond acceptors (Lipinski definition) is 3. The summed E-state index contributed by atoms with van der Waals surface area (Å²) in [6, 6.07) is 7.62. The molecule has 0 aliphatic rings. The number of carbonyl (C=O) groups is 1. The van der Waals surface area contributed by atoms with Crippen molar-refractivity contribution in [1.29, 1.82) is 0 Å². The largest absolute Gasteiger partial charge is 0.507 e. The second-order valence-electron chi connectivity index (χ2n) is 3.99. The third-order valence-electron chi connectivity index (χ3n) is 2.56. The molecule has 1 N–H and O–H groups in total. The maximum atomic E-state index is 12.1. The quantitative estimate of drug-likeness (QED) is 0.833. The highest BCUT2D eigenvalue weighted by Gasteiger charge is 2.30. The van der Waals surface area contributed by atoms with E-state index < -0.39 is 24.5 Å². The Hall–Kier alpha value is -1.76. The number of alkyl halides is 3. The number of esters is 1. The van der Waals surface area contributed by atoms with E-state index in [1.54, 1.807) is 18.2 Å². The second kappa shape index (κ2) is 5.32. The minimum atomic E-state index is -4.61. The third kappa shape index (κ3) is 3.04. The monoisotopic (exact) mass is 348 g/mol. The van der Waals surface area contributed by atoms with Gasteiger partial charge in [0, 0.05) is 9.86 Å². The number of ether oxygens (including phenoxy) is 1. The molecule has 0 saturated heterocycles. The van der Waals surface area contributed by atoms with Gasteiger partial charge in [-0.3, -0.25) is 0 Å². The maximum Gasteiger partial charge on any atom is 0.422 e. The first-order chi connectivity index (χ1) is 9.29. The molecule has 0 saturated carbocycles. The number of aromatic hydroxyl groups is 1. The SMILES string of the molecule is O=C(OCC(F)(F)F)c1c(O)ccc2c(Br)cccc12. The van der Waals surface area contributed by atoms with Crippen molar-refractivity contribution in [3.8, 4) is 5.75 Å². The number of phenols is 1. The predicted molar refractivity (Wildman–Crippen MR) is 69.7 cm³/mol. The second-order valence-corrected chi connectivity index (χ2v) is 4.84. The summed E-state index contributed by atoms with van der Waals surface area (Å²) >= 11 is 3.26. The lowest BCUT2D eigenvalue weighted by Crippen LogP contribution is -2.20. The predicted octanol–water partition coefficient (Wildman–Crippen LogP) is 4.03. The molecule has 0 amide bonds. The lowest BCUT2D eigenvalue weighted by atomic mass is 10.0. The van der Waals surface area contributed by atoms with Crippen LogP contribution in [-0.4, -0.2) is 23.9 Å². The Bertz CT molecular complexity index is 668. The molecule has 2 rings (SSSR count). The zero-order valence-corrected chi connectivity index (χ0v) is 11.5. The van der Waals surface area contributed by atoms with E-state index in [1.165, 1.54) is 12.1 Å². The molecule has 0 fully saturated rings. The standard InChI is InChI=1S/C13H8BrF3O3/c14-9-3-1-2-8-7(9)4-5-10(18)11(8)12(19)20-6-13(15,16)17/h1-5,18H,6H2. The molecule has 0 spiro atoms. The number of halogens is 4. The van der Waals surface area contributed by atoms with Crippen molar-refractivity contribution in [1.82, 2.24) is 0 Å². The molecule has 0 radical (unpaired) electrons. The van der Waals surface area contributed by atoms with Crippen LogP contribution in [0.2, 0.25) is 0 Å². The average Bonchev–Trinajstić information content (AvgIpc) is 2.35. The molecule has 0 bridgehead atoms. The van der Waals surface area contributed by atoms with Gasteiger partial charge in [-0.1, -0.05) is 28.1 Å². The molecule has 106 valence electrons. The molecular formula is C13H8BrF3O3. The zero-order valence-electron chi connectivity index (χ0n) is 9.87. The number of fused-ring (bicyclic) bond motifs is 1. The van der Waals surface area contributed by atoms with Crippen molar-refractivity contribution in [2.45, 2.75) is 6.18 Å². The summed E-state index contributed by atoms with van der Waals surface area (Å²) in [5, 5.41) is 10.6. The van der Waals surface area contributed by atoms with Crippen molar-refractivity contribution < 1.29 is 27.8 Å². The molecule has 0 aliphatic carbocycles. The molecule has 0 atom stereocenters. The summed E-state index contributed by atoms with van der Waals surface area (Å²) in [6.45, 7) is -1.70. The molecule has 0 aromatic heterocycles. The molecular weight excluding hydrogens is 341 g/mol. The first kappa shape index (κ1) is 14.6. The first-order valence-corrected chi connectivity index (χ1v) is 6.23. The van der Waals surface area contributed by atoms with Crippen molar-refractivity contribution in [2.75, 3.05) is 6.61 Å². The van der Waals surface area contributed by atoms with Crippen LogP contribution in [0, 0.1) is 0 Å². The van der Waals surface area contributed by atoms with Gasteiger partial charge < -0.3 is 9.84 Å². The molecule has 20 heavy (non-hydrogen) atoms. The van der Waals surface area contributed by atoms with Gasteiger partial charge in [0.25, 0.3) is 0 Å². The summed E-state index contributed by atoms with van der Waals surface area (Å²) in [5.41, 5.74) is -0.284. The highest BCUT2D eigenvalue weighted by atomic mass is 79.9. The van der Waals surface area contributed by atoms with Gasteiger partial charge in [0.1, 0.15) is 11.3 Å². The van der Waals surface area contributed by atoms with Crippen LogP contribution in [0.5, 0.6) is 5.75 Å². The van der Waals surface area contributed by atoms with Gasteiger partial charge in [0.05, 0.1) is 0 Å². The zero-order chi connectivity index (χ0) is 14.9. The summed E-state index contributed by atoms with van der Waals surface area (Å²) in [6.07, 6.45) is -4.61. The average molecular weight is 349 g/mol. The Morgan fingerprint density at radius 1 is 1.20 bits per heavy atom. The number of rotatable bonds is 2. The Balaban J connectivity index is 2.45. The molecule has 7 heteroatoms. The van der Waals surface area contributed by atoms with E-state index >= 15 is 0 Å². The van der Waals surface area contributed by atoms with E-state index in [0.717, 1.165) is 0 Å². The summed E-state index contributed by atoms with van der Waals surface area (Å²) in [5.74, 6) is -1.65. The fourth-order valence-corrected chi connectivity index (χ4v) is 2.24. The van der Waals surface area contributed by atoms with Gasteiger partial charge in [0.15, 0.2) is 6.61 Å². The molecule has 2 aromatic rings. The summed E-state index contributed by atoms with van der Waals surface area (Å²) in [4.78, 5) is 11.7. The topological polar surface area (TPSA) is 46.5 Å². The summed E-state index contributed by atoms with van der Waals surface area (Å²) < 4.78 is 41.0. The van der Waals surface area contributed by atoms with Gasteiger partial charge in [-0.05, 0) is 23.6 Å². The van der Waals surface area contributed by atoms with E-state index in [4.69, 9.17) is 0 Å². The maximum absolute atomic E-state index is 12.1. The van der Waals surface area contributed by atoms with Crippen LogP contribution in [0.25, 0.3) is 10.8 Å². The summed E-state index contributed by atoms with van der Waals surface area (Å²) in [7, 11) is 0. The van der Waals surface area contributed by atoms with Gasteiger partial charge in [0.2, 0.25) is 0 Å². The van der Waals surface area contributed by atoms with Crippen LogP contribution in [0.15, 0.2) is 34.8 Å². The van der Waals surface area contributed by atoms with Crippen molar-refractivity contribution in [2.24, 2.45) is 0 Å². The van der Waals surface area contributed by atoms with Crippen LogP contribution in [-0.2, 0) is 4.74 Å². The van der Waals surface area contributed by atoms with Crippen LogP contribution < -0.4 is 0 Å². The van der Waals surface area contributed by atoms with Crippen LogP contribution in [0.1, 0.15) is 10.4 Å². The number of carbonyl (C=O) groups excluding carboxylic acids is 1. The van der Waals surface area contributed by atoms with Crippen LogP contribution in [0.4, 0.5) is 13.2 Å². The number of benzene rings is 2. The van der Waals surface area contributed by atoms with E-state index in [0.29, 0.717) is 15.2 Å². The third-order valence-corrected chi connectivity index (χ3v) is 3.25. The highest BCUT2D eigenvalue weighted by Crippen LogP contribution is 2.32. The van der Waals surface area contributed by atoms with Gasteiger partial charge in [-0.25, -0.2) is 4.79 Å². The minimum Gasteiger partial charge on any atom is -0.507 e. The van der Waals surface area contributed by atoms with Crippen molar-refractivity contribution in [3.63, 3.8) is 0 Å². The minimum absolute atomic E-state index is 0.284. The van der Waals surface area contributed by atoms with Crippen LogP contribution in [0.3, 0.4) is 0 Å². The fourth-order valence-electron chi connectivity index (χ4n) is 1.74. The normalized spacial score (nSPS) is 11.6. The van der Waals surface area contributed by atoms with Gasteiger partial charge >= 0.3 is 12.1 Å². The lowest BCUT2D eigenvalue weighted by Gasteiger charge is -2.11. The van der Waals surface area contributed by atoms with E-state index in [9.17, 15) is 23.1 Å². The Kier molecular flexibility index (Phi) is 3.89. The Morgan fingerprint density at radius 3 is 2.55 bits per heavy atom. The number of phenolic OH excluding ortho intramolecular Hbond substituents is 1. The lowest BCUT2D eigenvalue weighted by molar-refractivity contribution is -0.161. The van der Waals surface area contributed by atoms with Crippen LogP contribution >= 0.6 is 15.9 Å². The van der Waals surface area contributed by atoms with E-state index in [-0.39, 0.29) is 5.56 Å². The Labute approximate surface area is 120 Å². The first-order valence-electron chi connectivity index (χ1n) is 5.43. The van der Waals surface area contributed by atoms with Crippen molar-refractivity contribution in [3.05, 3.63) is 40.4 Å². The molecule has 2 aromatic carbocycles. The highest BCUT2D eigenvalue weighted by molar-refractivity contribution is 9.10. The van der Waals surface area contributed by atoms with Crippen molar-refractivity contribution >= 4 is 32.7 Å². The fraction of sp³-hybridized carbons (Fsp3) is 0.154. The molecule has 0 aliphatic heterocycles. The van der Waals surface area contributed by atoms with Gasteiger partial charge in [-0.2, -0.15) is 13.2 Å². The smallest absolute Gasteiger partial charge is 0.422 e. The molecule has 3 nitrogen and oxygen atoms in total. The molecule has 0 heterocycles. The van der Waals surface area contributed by atoms with E-state index in [2.05, 4.69) is 20.7 Å². The Morgan fingerprint density at radius 2 is 1.90 bits per heavy atom. The molecule has 0 unspecified atom stereocenters. The van der Waals surface area contributed by atoms with Gasteiger partial charge in [-0.15, -0.1) is 0 Å². The van der Waals surface area contributed by atoms with E-state index in [1.807, 2.05) is 0 Å². The number of hydrogen-bond donors (Lipinski definition) is 1.